The molecule has 0 saturated carbocycles. The van der Waals surface area contributed by atoms with E-state index in [0.29, 0.717) is 5.92 Å². The van der Waals surface area contributed by atoms with E-state index in [4.69, 9.17) is 4.74 Å². The van der Waals surface area contributed by atoms with Gasteiger partial charge < -0.3 is 10.1 Å². The molecule has 1 aromatic carbocycles. The first-order valence-corrected chi connectivity index (χ1v) is 6.65. The van der Waals surface area contributed by atoms with Crippen LogP contribution in [0.5, 0.6) is 0 Å². The van der Waals surface area contributed by atoms with Crippen molar-refractivity contribution in [2.75, 3.05) is 19.8 Å². The van der Waals surface area contributed by atoms with Crippen molar-refractivity contribution in [2.24, 2.45) is 5.92 Å². The number of hydrogen-bond acceptors (Lipinski definition) is 2. The van der Waals surface area contributed by atoms with Crippen LogP contribution in [0.25, 0.3) is 0 Å². The molecule has 1 aromatic rings. The van der Waals surface area contributed by atoms with Crippen molar-refractivity contribution in [3.8, 4) is 0 Å². The molecule has 0 saturated heterocycles. The summed E-state index contributed by atoms with van der Waals surface area (Å²) in [6, 6.07) is 10.5. The van der Waals surface area contributed by atoms with Crippen molar-refractivity contribution < 1.29 is 4.74 Å². The van der Waals surface area contributed by atoms with E-state index in [2.05, 4.69) is 43.4 Å². The molecule has 96 valence electrons. The molecule has 0 fully saturated rings. The summed E-state index contributed by atoms with van der Waals surface area (Å²) in [6.45, 7) is 8.02. The molecule has 0 radical (unpaired) electrons. The Labute approximate surface area is 105 Å². The molecular weight excluding hydrogens is 210 g/mol. The van der Waals surface area contributed by atoms with Crippen molar-refractivity contribution in [3.63, 3.8) is 0 Å². The minimum absolute atomic E-state index is 0.689. The smallest absolute Gasteiger partial charge is 0.0591 e. The zero-order valence-corrected chi connectivity index (χ0v) is 11.1. The van der Waals surface area contributed by atoms with Crippen LogP contribution in [0.15, 0.2) is 30.3 Å². The van der Waals surface area contributed by atoms with Gasteiger partial charge in [0.05, 0.1) is 6.61 Å². The van der Waals surface area contributed by atoms with Crippen LogP contribution in [-0.2, 0) is 11.3 Å². The maximum absolute atomic E-state index is 5.62. The second-order valence-electron chi connectivity index (χ2n) is 4.63. The summed E-state index contributed by atoms with van der Waals surface area (Å²) in [5.41, 5.74) is 1.33. The maximum atomic E-state index is 5.62. The van der Waals surface area contributed by atoms with E-state index in [1.54, 1.807) is 0 Å². The lowest BCUT2D eigenvalue weighted by Crippen LogP contribution is -2.20. The van der Waals surface area contributed by atoms with Gasteiger partial charge in [0, 0.05) is 19.7 Å². The van der Waals surface area contributed by atoms with E-state index in [1.165, 1.54) is 18.4 Å². The molecule has 1 N–H and O–H groups in total. The van der Waals surface area contributed by atoms with Crippen LogP contribution in [-0.4, -0.2) is 19.8 Å². The fraction of sp³-hybridized carbons (Fsp3) is 0.600. The second-order valence-corrected chi connectivity index (χ2v) is 4.63. The van der Waals surface area contributed by atoms with Gasteiger partial charge >= 0.3 is 0 Å². The van der Waals surface area contributed by atoms with E-state index in [1.807, 2.05) is 6.07 Å². The highest BCUT2D eigenvalue weighted by atomic mass is 16.5. The monoisotopic (exact) mass is 235 g/mol. The lowest BCUT2D eigenvalue weighted by atomic mass is 10.1. The molecular formula is C15H25NO. The average molecular weight is 235 g/mol. The van der Waals surface area contributed by atoms with Crippen LogP contribution in [0.2, 0.25) is 0 Å². The van der Waals surface area contributed by atoms with Crippen molar-refractivity contribution in [2.45, 2.75) is 33.2 Å². The molecule has 1 unspecified atom stereocenters. The Hall–Kier alpha value is -0.860. The summed E-state index contributed by atoms with van der Waals surface area (Å²) < 4.78 is 5.62. The summed E-state index contributed by atoms with van der Waals surface area (Å²) in [4.78, 5) is 0. The van der Waals surface area contributed by atoms with E-state index in [0.717, 1.165) is 26.3 Å². The summed E-state index contributed by atoms with van der Waals surface area (Å²) in [5.74, 6) is 0.689. The van der Waals surface area contributed by atoms with Crippen molar-refractivity contribution >= 4 is 0 Å². The van der Waals surface area contributed by atoms with E-state index < -0.39 is 0 Å². The summed E-state index contributed by atoms with van der Waals surface area (Å²) in [5, 5.41) is 3.38. The number of nitrogens with one attached hydrogen (secondary N) is 1. The quantitative estimate of drug-likeness (QED) is 0.664. The van der Waals surface area contributed by atoms with Crippen molar-refractivity contribution in [3.05, 3.63) is 35.9 Å². The van der Waals surface area contributed by atoms with Gasteiger partial charge in [-0.05, 0) is 17.9 Å². The molecule has 0 aliphatic carbocycles. The maximum Gasteiger partial charge on any atom is 0.0591 e. The Morgan fingerprint density at radius 2 is 2.00 bits per heavy atom. The average Bonchev–Trinajstić information content (AvgIpc) is 2.35. The van der Waals surface area contributed by atoms with Gasteiger partial charge in [0.15, 0.2) is 0 Å². The van der Waals surface area contributed by atoms with Gasteiger partial charge in [-0.3, -0.25) is 0 Å². The molecule has 2 nitrogen and oxygen atoms in total. The molecule has 0 aromatic heterocycles. The van der Waals surface area contributed by atoms with Gasteiger partial charge in [-0.25, -0.2) is 0 Å². The normalized spacial score (nSPS) is 12.6. The second kappa shape index (κ2) is 9.20. The molecule has 0 bridgehead atoms. The van der Waals surface area contributed by atoms with Gasteiger partial charge in [-0.2, -0.15) is 0 Å². The number of hydrogen-bond donors (Lipinski definition) is 1. The molecule has 0 spiro atoms. The topological polar surface area (TPSA) is 21.3 Å². The number of benzene rings is 1. The standard InChI is InChI=1S/C15H25NO/c1-3-7-14(2)13-17-11-10-16-12-15-8-5-4-6-9-15/h4-6,8-9,14,16H,3,7,10-13H2,1-2H3. The highest BCUT2D eigenvalue weighted by Crippen LogP contribution is 2.04. The predicted octanol–water partition coefficient (Wildman–Crippen LogP) is 3.23. The van der Waals surface area contributed by atoms with Gasteiger partial charge in [0.2, 0.25) is 0 Å². The lowest BCUT2D eigenvalue weighted by Gasteiger charge is -2.11. The Morgan fingerprint density at radius 1 is 1.24 bits per heavy atom. The van der Waals surface area contributed by atoms with Crippen molar-refractivity contribution in [1.82, 2.24) is 5.32 Å². The predicted molar refractivity (Wildman–Crippen MR) is 73.0 cm³/mol. The summed E-state index contributed by atoms with van der Waals surface area (Å²) in [6.07, 6.45) is 2.51. The third-order valence-electron chi connectivity index (χ3n) is 2.78. The highest BCUT2D eigenvalue weighted by molar-refractivity contribution is 5.14. The minimum Gasteiger partial charge on any atom is -0.380 e. The molecule has 1 rings (SSSR count). The van der Waals surface area contributed by atoms with Crippen LogP contribution >= 0.6 is 0 Å². The molecule has 1 atom stereocenters. The summed E-state index contributed by atoms with van der Waals surface area (Å²) in [7, 11) is 0. The van der Waals surface area contributed by atoms with Crippen LogP contribution in [0.4, 0.5) is 0 Å². The molecule has 0 aliphatic heterocycles. The van der Waals surface area contributed by atoms with Crippen LogP contribution < -0.4 is 5.32 Å². The van der Waals surface area contributed by atoms with E-state index in [-0.39, 0.29) is 0 Å². The fourth-order valence-electron chi connectivity index (χ4n) is 1.83. The van der Waals surface area contributed by atoms with E-state index >= 15 is 0 Å². The zero-order chi connectivity index (χ0) is 12.3. The SMILES string of the molecule is CCCC(C)COCCNCc1ccccc1. The summed E-state index contributed by atoms with van der Waals surface area (Å²) >= 11 is 0. The molecule has 2 heteroatoms. The van der Waals surface area contributed by atoms with Crippen molar-refractivity contribution in [1.29, 1.82) is 0 Å². The Kier molecular flexibility index (Phi) is 7.69. The highest BCUT2D eigenvalue weighted by Gasteiger charge is 1.99. The third kappa shape index (κ3) is 7.14. The Morgan fingerprint density at radius 3 is 2.71 bits per heavy atom. The Bertz CT molecular complexity index is 274. The molecule has 17 heavy (non-hydrogen) atoms. The van der Waals surface area contributed by atoms with Crippen LogP contribution in [0.3, 0.4) is 0 Å². The number of rotatable bonds is 9. The molecule has 0 aliphatic rings. The third-order valence-corrected chi connectivity index (χ3v) is 2.78. The van der Waals surface area contributed by atoms with E-state index in [9.17, 15) is 0 Å². The van der Waals surface area contributed by atoms with Gasteiger partial charge in [-0.1, -0.05) is 50.6 Å². The molecule has 0 amide bonds. The zero-order valence-electron chi connectivity index (χ0n) is 11.1. The first-order chi connectivity index (χ1) is 8.33. The first kappa shape index (κ1) is 14.2. The van der Waals surface area contributed by atoms with Crippen LogP contribution in [0, 0.1) is 5.92 Å². The number of ether oxygens (including phenoxy) is 1. The van der Waals surface area contributed by atoms with Gasteiger partial charge in [0.1, 0.15) is 0 Å². The van der Waals surface area contributed by atoms with Crippen LogP contribution in [0.1, 0.15) is 32.3 Å². The Balaban J connectivity index is 1.95. The molecule has 0 heterocycles. The minimum atomic E-state index is 0.689. The fourth-order valence-corrected chi connectivity index (χ4v) is 1.83. The van der Waals surface area contributed by atoms with Gasteiger partial charge in [-0.15, -0.1) is 0 Å². The first-order valence-electron chi connectivity index (χ1n) is 6.65. The lowest BCUT2D eigenvalue weighted by molar-refractivity contribution is 0.103. The van der Waals surface area contributed by atoms with Gasteiger partial charge in [0.25, 0.3) is 0 Å². The largest absolute Gasteiger partial charge is 0.380 e.